The molecular formula is C16H12ClFOS. The molecule has 1 heterocycles. The smallest absolute Gasteiger partial charge is 0.145 e. The van der Waals surface area contributed by atoms with Crippen LogP contribution in [0.4, 0.5) is 4.39 Å². The van der Waals surface area contributed by atoms with Crippen LogP contribution in [0.5, 0.6) is 0 Å². The lowest BCUT2D eigenvalue weighted by atomic mass is 9.93. The van der Waals surface area contributed by atoms with E-state index in [4.69, 9.17) is 11.6 Å². The van der Waals surface area contributed by atoms with E-state index in [1.165, 1.54) is 17.0 Å². The molecule has 2 aromatic carbocycles. The van der Waals surface area contributed by atoms with Crippen molar-refractivity contribution < 1.29 is 9.18 Å². The summed E-state index contributed by atoms with van der Waals surface area (Å²) >= 11 is 7.35. The lowest BCUT2D eigenvalue weighted by molar-refractivity contribution is -0.119. The van der Waals surface area contributed by atoms with Gasteiger partial charge in [0.25, 0.3) is 0 Å². The fourth-order valence-electron chi connectivity index (χ4n) is 2.40. The maximum absolute atomic E-state index is 13.4. The highest BCUT2D eigenvalue weighted by atomic mass is 35.5. The van der Waals surface area contributed by atoms with Crippen molar-refractivity contribution in [1.82, 2.24) is 0 Å². The van der Waals surface area contributed by atoms with Crippen molar-refractivity contribution in [2.24, 2.45) is 0 Å². The van der Waals surface area contributed by atoms with Crippen LogP contribution in [0.3, 0.4) is 0 Å². The molecule has 1 nitrogen and oxygen atoms in total. The Morgan fingerprint density at radius 1 is 1.30 bits per heavy atom. The van der Waals surface area contributed by atoms with E-state index in [1.807, 2.05) is 24.3 Å². The van der Waals surface area contributed by atoms with E-state index in [1.54, 1.807) is 17.8 Å². The van der Waals surface area contributed by atoms with Gasteiger partial charge in [0.1, 0.15) is 11.6 Å². The zero-order valence-corrected chi connectivity index (χ0v) is 12.2. The molecule has 3 rings (SSSR count). The monoisotopic (exact) mass is 306 g/mol. The lowest BCUT2D eigenvalue weighted by Gasteiger charge is -2.10. The molecule has 20 heavy (non-hydrogen) atoms. The Morgan fingerprint density at radius 3 is 2.90 bits per heavy atom. The number of Topliss-reactive ketones (excluding diaryl/α,β-unsaturated/α-hetero) is 1. The number of benzene rings is 2. The van der Waals surface area contributed by atoms with Crippen LogP contribution in [-0.2, 0) is 11.2 Å². The summed E-state index contributed by atoms with van der Waals surface area (Å²) in [5.41, 5.74) is 1.77. The molecule has 1 unspecified atom stereocenters. The molecule has 0 spiro atoms. The number of hydrogen-bond acceptors (Lipinski definition) is 2. The molecule has 102 valence electrons. The Balaban J connectivity index is 1.79. The van der Waals surface area contributed by atoms with Gasteiger partial charge in [-0.25, -0.2) is 4.39 Å². The highest BCUT2D eigenvalue weighted by molar-refractivity contribution is 7.99. The summed E-state index contributed by atoms with van der Waals surface area (Å²) in [6, 6.07) is 12.5. The molecule has 1 atom stereocenters. The quantitative estimate of drug-likeness (QED) is 0.831. The van der Waals surface area contributed by atoms with Crippen molar-refractivity contribution in [3.8, 4) is 0 Å². The minimum absolute atomic E-state index is 0.0861. The number of carbonyl (C=O) groups is 1. The first kappa shape index (κ1) is 13.7. The summed E-state index contributed by atoms with van der Waals surface area (Å²) in [6.07, 6.45) is 0.244. The summed E-state index contributed by atoms with van der Waals surface area (Å²) in [6.45, 7) is 0. The molecule has 1 aliphatic heterocycles. The Labute approximate surface area is 126 Å². The second-order valence-electron chi connectivity index (χ2n) is 4.79. The predicted octanol–water partition coefficient (Wildman–Crippen LogP) is 4.48. The first-order chi connectivity index (χ1) is 9.65. The van der Waals surface area contributed by atoms with Gasteiger partial charge < -0.3 is 0 Å². The van der Waals surface area contributed by atoms with Crippen LogP contribution in [0.25, 0.3) is 0 Å². The summed E-state index contributed by atoms with van der Waals surface area (Å²) in [4.78, 5) is 13.6. The molecule has 0 saturated carbocycles. The van der Waals surface area contributed by atoms with Crippen molar-refractivity contribution in [3.05, 3.63) is 64.4 Å². The van der Waals surface area contributed by atoms with Crippen LogP contribution < -0.4 is 0 Å². The van der Waals surface area contributed by atoms with E-state index >= 15 is 0 Å². The van der Waals surface area contributed by atoms with E-state index in [0.717, 1.165) is 11.3 Å². The lowest BCUT2D eigenvalue weighted by Crippen LogP contribution is -2.14. The Bertz CT molecular complexity index is 671. The maximum atomic E-state index is 13.4. The molecule has 0 radical (unpaired) electrons. The van der Waals surface area contributed by atoms with Gasteiger partial charge in [0.2, 0.25) is 0 Å². The minimum Gasteiger partial charge on any atom is -0.299 e. The summed E-state index contributed by atoms with van der Waals surface area (Å²) in [5.74, 6) is 0.339. The van der Waals surface area contributed by atoms with Gasteiger partial charge in [-0.15, -0.1) is 11.8 Å². The van der Waals surface area contributed by atoms with Crippen LogP contribution in [0.15, 0.2) is 47.4 Å². The summed E-state index contributed by atoms with van der Waals surface area (Å²) in [7, 11) is 0. The van der Waals surface area contributed by atoms with Crippen LogP contribution in [0.1, 0.15) is 17.0 Å². The number of fused-ring (bicyclic) bond motifs is 1. The normalized spacial score (nSPS) is 17.0. The van der Waals surface area contributed by atoms with Gasteiger partial charge >= 0.3 is 0 Å². The number of hydrogen-bond donors (Lipinski definition) is 0. The number of halogens is 2. The van der Waals surface area contributed by atoms with E-state index in [2.05, 4.69) is 0 Å². The third-order valence-corrected chi connectivity index (χ3v) is 4.94. The fourth-order valence-corrected chi connectivity index (χ4v) is 3.78. The fraction of sp³-hybridized carbons (Fsp3) is 0.188. The molecule has 0 aliphatic carbocycles. The molecule has 0 saturated heterocycles. The van der Waals surface area contributed by atoms with Gasteiger partial charge in [0.05, 0.1) is 10.9 Å². The Morgan fingerprint density at radius 2 is 2.10 bits per heavy atom. The van der Waals surface area contributed by atoms with Crippen molar-refractivity contribution in [3.63, 3.8) is 0 Å². The summed E-state index contributed by atoms with van der Waals surface area (Å²) < 4.78 is 13.4. The first-order valence-corrected chi connectivity index (χ1v) is 7.70. The van der Waals surface area contributed by atoms with Gasteiger partial charge in [0, 0.05) is 17.1 Å². The summed E-state index contributed by atoms with van der Waals surface area (Å²) in [5, 5.41) is 0.0861. The zero-order chi connectivity index (χ0) is 14.1. The van der Waals surface area contributed by atoms with Crippen molar-refractivity contribution in [2.75, 3.05) is 5.75 Å². The van der Waals surface area contributed by atoms with Gasteiger partial charge in [-0.05, 0) is 29.3 Å². The van der Waals surface area contributed by atoms with Gasteiger partial charge in [0.15, 0.2) is 0 Å². The Kier molecular flexibility index (Phi) is 3.81. The highest BCUT2D eigenvalue weighted by Gasteiger charge is 2.28. The molecule has 0 fully saturated rings. The molecule has 2 aromatic rings. The van der Waals surface area contributed by atoms with E-state index < -0.39 is 5.82 Å². The average molecular weight is 307 g/mol. The largest absolute Gasteiger partial charge is 0.299 e. The third-order valence-electron chi connectivity index (χ3n) is 3.45. The standard InChI is InChI=1S/C16H12ClFOS/c17-13-6-5-10(7-14(13)18)8-15(19)12-9-20-16-4-2-1-3-11(12)16/h1-7,12H,8-9H2. The maximum Gasteiger partial charge on any atom is 0.145 e. The molecular weight excluding hydrogens is 295 g/mol. The molecule has 0 bridgehead atoms. The van der Waals surface area contributed by atoms with Crippen LogP contribution in [0.2, 0.25) is 5.02 Å². The van der Waals surface area contributed by atoms with Crippen molar-refractivity contribution in [1.29, 1.82) is 0 Å². The van der Waals surface area contributed by atoms with Crippen LogP contribution in [0, 0.1) is 5.82 Å². The SMILES string of the molecule is O=C(Cc1ccc(Cl)c(F)c1)C1CSc2ccccc21. The van der Waals surface area contributed by atoms with E-state index in [9.17, 15) is 9.18 Å². The van der Waals surface area contributed by atoms with Crippen molar-refractivity contribution >= 4 is 29.1 Å². The molecule has 1 aliphatic rings. The minimum atomic E-state index is -0.474. The predicted molar refractivity (Wildman–Crippen MR) is 80.0 cm³/mol. The Hall–Kier alpha value is -1.32. The average Bonchev–Trinajstić information content (AvgIpc) is 2.87. The van der Waals surface area contributed by atoms with Gasteiger partial charge in [-0.3, -0.25) is 4.79 Å². The zero-order valence-electron chi connectivity index (χ0n) is 10.6. The second-order valence-corrected chi connectivity index (χ2v) is 6.26. The van der Waals surface area contributed by atoms with E-state index in [-0.39, 0.29) is 23.1 Å². The van der Waals surface area contributed by atoms with E-state index in [0.29, 0.717) is 5.56 Å². The molecule has 0 amide bonds. The number of carbonyl (C=O) groups excluding carboxylic acids is 1. The van der Waals surface area contributed by atoms with Crippen LogP contribution >= 0.6 is 23.4 Å². The molecule has 0 N–H and O–H groups in total. The third kappa shape index (κ3) is 2.60. The van der Waals surface area contributed by atoms with Gasteiger partial charge in [-0.1, -0.05) is 35.9 Å². The second kappa shape index (κ2) is 5.58. The first-order valence-electron chi connectivity index (χ1n) is 6.33. The number of ketones is 1. The van der Waals surface area contributed by atoms with Gasteiger partial charge in [-0.2, -0.15) is 0 Å². The molecule has 0 aromatic heterocycles. The van der Waals surface area contributed by atoms with Crippen molar-refractivity contribution in [2.45, 2.75) is 17.2 Å². The highest BCUT2D eigenvalue weighted by Crippen LogP contribution is 2.40. The molecule has 4 heteroatoms. The van der Waals surface area contributed by atoms with Crippen LogP contribution in [-0.4, -0.2) is 11.5 Å². The topological polar surface area (TPSA) is 17.1 Å². The number of thioether (sulfide) groups is 1. The number of rotatable bonds is 3.